The number of hydrogen-bond acceptors (Lipinski definition) is 3. The average molecular weight is 225 g/mol. The van der Waals surface area contributed by atoms with Crippen LogP contribution in [0.3, 0.4) is 0 Å². The zero-order valence-corrected chi connectivity index (χ0v) is 10.4. The van der Waals surface area contributed by atoms with Gasteiger partial charge in [0.1, 0.15) is 6.04 Å². The van der Waals surface area contributed by atoms with Crippen molar-refractivity contribution in [1.82, 2.24) is 0 Å². The van der Waals surface area contributed by atoms with Crippen LogP contribution in [0.1, 0.15) is 51.9 Å². The molecule has 3 nitrogen and oxygen atoms in total. The Morgan fingerprint density at radius 1 is 1.19 bits per heavy atom. The summed E-state index contributed by atoms with van der Waals surface area (Å²) < 4.78 is 4.81. The molecule has 3 heteroatoms. The number of carbonyl (C=O) groups excluding carboxylic acids is 1. The van der Waals surface area contributed by atoms with Crippen molar-refractivity contribution in [3.63, 3.8) is 0 Å². The van der Waals surface area contributed by atoms with Crippen LogP contribution in [-0.2, 0) is 9.53 Å². The van der Waals surface area contributed by atoms with Crippen molar-refractivity contribution in [1.29, 1.82) is 0 Å². The molecule has 0 amide bonds. The lowest BCUT2D eigenvalue weighted by Gasteiger charge is -2.43. The van der Waals surface area contributed by atoms with Crippen molar-refractivity contribution in [3.05, 3.63) is 0 Å². The smallest absolute Gasteiger partial charge is 0.323 e. The van der Waals surface area contributed by atoms with Gasteiger partial charge in [0.05, 0.1) is 7.11 Å². The van der Waals surface area contributed by atoms with Gasteiger partial charge in [0.2, 0.25) is 0 Å². The summed E-state index contributed by atoms with van der Waals surface area (Å²) in [6, 6.07) is -0.416. The molecule has 0 aromatic carbocycles. The highest BCUT2D eigenvalue weighted by atomic mass is 16.5. The molecule has 2 saturated carbocycles. The second-order valence-corrected chi connectivity index (χ2v) is 5.78. The molecular weight excluding hydrogens is 202 g/mol. The molecule has 1 atom stereocenters. The lowest BCUT2D eigenvalue weighted by molar-refractivity contribution is -0.146. The van der Waals surface area contributed by atoms with Gasteiger partial charge < -0.3 is 10.5 Å². The van der Waals surface area contributed by atoms with Gasteiger partial charge >= 0.3 is 5.97 Å². The molecule has 0 heterocycles. The Bertz CT molecular complexity index is 278. The monoisotopic (exact) mass is 225 g/mol. The second-order valence-electron chi connectivity index (χ2n) is 5.78. The van der Waals surface area contributed by atoms with Crippen molar-refractivity contribution in [2.24, 2.45) is 16.6 Å². The largest absolute Gasteiger partial charge is 0.468 e. The fourth-order valence-corrected chi connectivity index (χ4v) is 3.61. The third-order valence-corrected chi connectivity index (χ3v) is 5.00. The molecule has 92 valence electrons. The van der Waals surface area contributed by atoms with Crippen LogP contribution in [0.25, 0.3) is 0 Å². The first-order chi connectivity index (χ1) is 7.56. The van der Waals surface area contributed by atoms with E-state index in [2.05, 4.69) is 6.92 Å². The lowest BCUT2D eigenvalue weighted by Crippen LogP contribution is -2.49. The molecule has 0 radical (unpaired) electrons. The van der Waals surface area contributed by atoms with Crippen LogP contribution in [0.15, 0.2) is 0 Å². The number of nitrogens with two attached hydrogens (primary N) is 1. The van der Waals surface area contributed by atoms with E-state index in [1.807, 2.05) is 0 Å². The van der Waals surface area contributed by atoms with Gasteiger partial charge in [-0.25, -0.2) is 0 Å². The van der Waals surface area contributed by atoms with E-state index in [-0.39, 0.29) is 16.8 Å². The van der Waals surface area contributed by atoms with Crippen molar-refractivity contribution >= 4 is 5.97 Å². The summed E-state index contributed by atoms with van der Waals surface area (Å²) in [4.78, 5) is 11.6. The van der Waals surface area contributed by atoms with E-state index in [1.165, 1.54) is 39.2 Å². The van der Waals surface area contributed by atoms with E-state index >= 15 is 0 Å². The van der Waals surface area contributed by atoms with Gasteiger partial charge in [0.15, 0.2) is 0 Å². The fraction of sp³-hybridized carbons (Fsp3) is 0.923. The number of methoxy groups -OCH3 is 1. The van der Waals surface area contributed by atoms with E-state index < -0.39 is 6.04 Å². The Balaban J connectivity index is 2.15. The quantitative estimate of drug-likeness (QED) is 0.749. The van der Waals surface area contributed by atoms with E-state index in [9.17, 15) is 4.79 Å². The number of hydrogen-bond donors (Lipinski definition) is 1. The molecule has 0 aliphatic heterocycles. The molecule has 16 heavy (non-hydrogen) atoms. The first-order valence-corrected chi connectivity index (χ1v) is 6.39. The molecule has 2 N–H and O–H groups in total. The Kier molecular flexibility index (Phi) is 2.99. The molecule has 0 aromatic rings. The van der Waals surface area contributed by atoms with Gasteiger partial charge in [0.25, 0.3) is 0 Å². The Morgan fingerprint density at radius 3 is 2.19 bits per heavy atom. The van der Waals surface area contributed by atoms with Gasteiger partial charge in [-0.3, -0.25) is 4.79 Å². The molecule has 0 spiro atoms. The third-order valence-electron chi connectivity index (χ3n) is 5.00. The first-order valence-electron chi connectivity index (χ1n) is 6.39. The van der Waals surface area contributed by atoms with E-state index in [1.54, 1.807) is 0 Å². The normalized spacial score (nSPS) is 28.2. The van der Waals surface area contributed by atoms with Crippen molar-refractivity contribution < 1.29 is 9.53 Å². The second kappa shape index (κ2) is 4.02. The molecule has 2 fully saturated rings. The van der Waals surface area contributed by atoms with Crippen LogP contribution >= 0.6 is 0 Å². The van der Waals surface area contributed by atoms with Gasteiger partial charge in [0, 0.05) is 5.41 Å². The maximum Gasteiger partial charge on any atom is 0.323 e. The van der Waals surface area contributed by atoms with Gasteiger partial charge in [-0.05, 0) is 31.1 Å². The van der Waals surface area contributed by atoms with Crippen molar-refractivity contribution in [2.45, 2.75) is 57.9 Å². The predicted octanol–water partition coefficient (Wildman–Crippen LogP) is 2.24. The molecular formula is C13H23NO2. The number of ether oxygens (including phenoxy) is 1. The Hall–Kier alpha value is -0.570. The van der Waals surface area contributed by atoms with Crippen LogP contribution in [0.5, 0.6) is 0 Å². The molecule has 0 aromatic heterocycles. The van der Waals surface area contributed by atoms with Crippen molar-refractivity contribution in [2.75, 3.05) is 7.11 Å². The summed E-state index contributed by atoms with van der Waals surface area (Å²) >= 11 is 0. The highest BCUT2D eigenvalue weighted by Gasteiger charge is 2.61. The SMILES string of the molecule is COC(=O)C(N)C1(C2(C)CCCCC2)CC1. The zero-order valence-electron chi connectivity index (χ0n) is 10.4. The minimum Gasteiger partial charge on any atom is -0.468 e. The standard InChI is InChI=1S/C13H23NO2/c1-12(6-4-3-5-7-12)13(8-9-13)10(14)11(15)16-2/h10H,3-9,14H2,1-2H3. The van der Waals surface area contributed by atoms with Crippen LogP contribution in [0.2, 0.25) is 0 Å². The van der Waals surface area contributed by atoms with Gasteiger partial charge in [-0.2, -0.15) is 0 Å². The minimum absolute atomic E-state index is 0.0422. The summed E-state index contributed by atoms with van der Waals surface area (Å²) in [5, 5.41) is 0. The summed E-state index contributed by atoms with van der Waals surface area (Å²) in [5.41, 5.74) is 6.41. The molecule has 2 aliphatic rings. The van der Waals surface area contributed by atoms with Crippen LogP contribution in [0.4, 0.5) is 0 Å². The van der Waals surface area contributed by atoms with Crippen LogP contribution < -0.4 is 5.73 Å². The van der Waals surface area contributed by atoms with Gasteiger partial charge in [-0.1, -0.05) is 26.2 Å². The van der Waals surface area contributed by atoms with Crippen LogP contribution in [-0.4, -0.2) is 19.1 Å². The number of carbonyl (C=O) groups is 1. The maximum atomic E-state index is 11.6. The minimum atomic E-state index is -0.416. The fourth-order valence-electron chi connectivity index (χ4n) is 3.61. The average Bonchev–Trinajstić information content (AvgIpc) is 3.09. The summed E-state index contributed by atoms with van der Waals surface area (Å²) in [6.07, 6.45) is 8.53. The summed E-state index contributed by atoms with van der Waals surface area (Å²) in [6.45, 7) is 2.32. The van der Waals surface area contributed by atoms with Crippen LogP contribution in [0, 0.1) is 10.8 Å². The first kappa shape index (κ1) is 11.9. The summed E-state index contributed by atoms with van der Waals surface area (Å²) in [7, 11) is 1.43. The highest BCUT2D eigenvalue weighted by Crippen LogP contribution is 2.65. The van der Waals surface area contributed by atoms with E-state index in [0.717, 1.165) is 12.8 Å². The van der Waals surface area contributed by atoms with Gasteiger partial charge in [-0.15, -0.1) is 0 Å². The number of esters is 1. The van der Waals surface area contributed by atoms with Crippen molar-refractivity contribution in [3.8, 4) is 0 Å². The molecule has 0 bridgehead atoms. The Labute approximate surface area is 97.7 Å². The molecule has 0 saturated heterocycles. The number of rotatable bonds is 3. The Morgan fingerprint density at radius 2 is 1.75 bits per heavy atom. The van der Waals surface area contributed by atoms with E-state index in [4.69, 9.17) is 10.5 Å². The molecule has 1 unspecified atom stereocenters. The topological polar surface area (TPSA) is 52.3 Å². The third kappa shape index (κ3) is 1.65. The predicted molar refractivity (Wildman–Crippen MR) is 62.9 cm³/mol. The molecule has 2 aliphatic carbocycles. The molecule has 2 rings (SSSR count). The van der Waals surface area contributed by atoms with E-state index in [0.29, 0.717) is 0 Å². The summed E-state index contributed by atoms with van der Waals surface area (Å²) in [5.74, 6) is -0.232. The maximum absolute atomic E-state index is 11.6. The zero-order chi connectivity index (χ0) is 11.8. The lowest BCUT2D eigenvalue weighted by atomic mass is 9.62. The highest BCUT2D eigenvalue weighted by molar-refractivity contribution is 5.77.